The van der Waals surface area contributed by atoms with Crippen molar-refractivity contribution < 1.29 is 13.2 Å². The Kier molecular flexibility index (Phi) is 2.16. The Balaban J connectivity index is 2.32. The highest BCUT2D eigenvalue weighted by Gasteiger charge is 2.32. The van der Waals surface area contributed by atoms with Crippen LogP contribution in [-0.4, -0.2) is 20.4 Å². The Hall–Kier alpha value is -0.810. The van der Waals surface area contributed by atoms with Gasteiger partial charge in [0.2, 0.25) is 5.91 Å². The Morgan fingerprint density at radius 3 is 2.86 bits per heavy atom. The van der Waals surface area contributed by atoms with Gasteiger partial charge < -0.3 is 5.32 Å². The molecule has 6 heteroatoms. The van der Waals surface area contributed by atoms with Crippen LogP contribution in [0.25, 0.3) is 0 Å². The first-order valence-electron chi connectivity index (χ1n) is 4.11. The van der Waals surface area contributed by atoms with Gasteiger partial charge in [-0.3, -0.25) is 4.79 Å². The number of fused-ring (bicyclic) bond motifs is 1. The van der Waals surface area contributed by atoms with E-state index in [1.54, 1.807) is 6.08 Å². The van der Waals surface area contributed by atoms with Crippen LogP contribution in [0.1, 0.15) is 6.42 Å². The zero-order valence-corrected chi connectivity index (χ0v) is 8.68. The summed E-state index contributed by atoms with van der Waals surface area (Å²) in [6, 6.07) is -0.0790. The third-order valence-electron chi connectivity index (χ3n) is 2.34. The second-order valence-corrected chi connectivity index (χ2v) is 5.89. The molecule has 1 aliphatic carbocycles. The molecule has 0 aromatic carbocycles. The minimum absolute atomic E-state index is 0.0610. The van der Waals surface area contributed by atoms with Crippen LogP contribution in [0.5, 0.6) is 0 Å². The van der Waals surface area contributed by atoms with Gasteiger partial charge in [0.1, 0.15) is 0 Å². The largest absolute Gasteiger partial charge is 0.349 e. The first kappa shape index (κ1) is 9.73. The third kappa shape index (κ3) is 1.69. The van der Waals surface area contributed by atoms with Crippen molar-refractivity contribution in [3.8, 4) is 0 Å². The average Bonchev–Trinajstić information content (AvgIpc) is 2.41. The van der Waals surface area contributed by atoms with Gasteiger partial charge in [0.25, 0.3) is 9.05 Å². The number of rotatable bonds is 1. The van der Waals surface area contributed by atoms with E-state index < -0.39 is 9.05 Å². The van der Waals surface area contributed by atoms with E-state index in [9.17, 15) is 13.2 Å². The van der Waals surface area contributed by atoms with Gasteiger partial charge in [-0.15, -0.1) is 0 Å². The van der Waals surface area contributed by atoms with E-state index in [1.165, 1.54) is 12.2 Å². The summed E-state index contributed by atoms with van der Waals surface area (Å²) in [7, 11) is 1.51. The van der Waals surface area contributed by atoms with E-state index in [1.807, 2.05) is 0 Å². The molecule has 0 radical (unpaired) electrons. The summed E-state index contributed by atoms with van der Waals surface area (Å²) in [4.78, 5) is 11.1. The highest BCUT2D eigenvalue weighted by atomic mass is 35.7. The fraction of sp³-hybridized carbons (Fsp3) is 0.375. The minimum Gasteiger partial charge on any atom is -0.349 e. The van der Waals surface area contributed by atoms with Crippen LogP contribution in [0.3, 0.4) is 0 Å². The quantitative estimate of drug-likeness (QED) is 0.672. The average molecular weight is 234 g/mol. The number of hydrogen-bond acceptors (Lipinski definition) is 3. The van der Waals surface area contributed by atoms with Crippen LogP contribution in [0, 0.1) is 5.92 Å². The van der Waals surface area contributed by atoms with Gasteiger partial charge in [0.05, 0.1) is 10.9 Å². The maximum atomic E-state index is 11.0. The number of nitrogens with one attached hydrogen (secondary N) is 1. The lowest BCUT2D eigenvalue weighted by atomic mass is 9.96. The van der Waals surface area contributed by atoms with Crippen LogP contribution in [-0.2, 0) is 13.8 Å². The van der Waals surface area contributed by atoms with Gasteiger partial charge >= 0.3 is 0 Å². The summed E-state index contributed by atoms with van der Waals surface area (Å²) in [6.45, 7) is 0. The predicted octanol–water partition coefficient (Wildman–Crippen LogP) is 0.513. The molecular formula is C8H8ClNO3S. The molecule has 0 aromatic heterocycles. The standard InChI is InChI=1S/C8H8ClNO3S/c9-14(12,13)6-1-2-7-5(3-6)4-8(11)10-7/h1-3,5,7H,4H2,(H,10,11). The SMILES string of the molecule is O=C1CC2C=C(S(=O)(=O)Cl)C=CC2N1. The van der Waals surface area contributed by atoms with Crippen molar-refractivity contribution in [3.63, 3.8) is 0 Å². The number of carbonyl (C=O) groups is 1. The first-order chi connectivity index (χ1) is 6.47. The second kappa shape index (κ2) is 3.10. The molecule has 2 aliphatic rings. The predicted molar refractivity (Wildman–Crippen MR) is 52.0 cm³/mol. The van der Waals surface area contributed by atoms with Crippen molar-refractivity contribution in [2.45, 2.75) is 12.5 Å². The van der Waals surface area contributed by atoms with Crippen LogP contribution < -0.4 is 5.32 Å². The van der Waals surface area contributed by atoms with E-state index in [4.69, 9.17) is 10.7 Å². The zero-order valence-electron chi connectivity index (χ0n) is 7.10. The van der Waals surface area contributed by atoms with Gasteiger partial charge in [-0.25, -0.2) is 8.42 Å². The second-order valence-electron chi connectivity index (χ2n) is 3.33. The van der Waals surface area contributed by atoms with Crippen LogP contribution in [0.4, 0.5) is 0 Å². The van der Waals surface area contributed by atoms with Crippen molar-refractivity contribution in [2.75, 3.05) is 0 Å². The molecule has 0 aromatic rings. The summed E-state index contributed by atoms with van der Waals surface area (Å²) in [5.74, 6) is -0.148. The number of halogens is 1. The van der Waals surface area contributed by atoms with Crippen LogP contribution >= 0.6 is 10.7 Å². The molecule has 1 heterocycles. The van der Waals surface area contributed by atoms with Gasteiger partial charge in [0, 0.05) is 23.0 Å². The molecule has 0 spiro atoms. The monoisotopic (exact) mass is 233 g/mol. The summed E-state index contributed by atoms with van der Waals surface area (Å²) in [6.07, 6.45) is 4.94. The topological polar surface area (TPSA) is 63.2 Å². The van der Waals surface area contributed by atoms with E-state index in [-0.39, 0.29) is 22.8 Å². The Morgan fingerprint density at radius 1 is 1.50 bits per heavy atom. The van der Waals surface area contributed by atoms with Crippen molar-refractivity contribution in [1.29, 1.82) is 0 Å². The third-order valence-corrected chi connectivity index (χ3v) is 3.71. The molecule has 1 amide bonds. The fourth-order valence-electron chi connectivity index (χ4n) is 1.67. The molecule has 0 saturated carbocycles. The minimum atomic E-state index is -3.67. The molecule has 76 valence electrons. The molecule has 2 rings (SSSR count). The van der Waals surface area contributed by atoms with Gasteiger partial charge in [-0.05, 0) is 6.08 Å². The van der Waals surface area contributed by atoms with Crippen molar-refractivity contribution in [3.05, 3.63) is 23.1 Å². The lowest BCUT2D eigenvalue weighted by Gasteiger charge is -2.16. The zero-order chi connectivity index (χ0) is 10.3. The van der Waals surface area contributed by atoms with Crippen LogP contribution in [0.15, 0.2) is 23.1 Å². The molecule has 2 unspecified atom stereocenters. The summed E-state index contributed by atoms with van der Waals surface area (Å²) in [5.41, 5.74) is 0. The molecular weight excluding hydrogens is 226 g/mol. The number of carbonyl (C=O) groups excluding carboxylic acids is 1. The first-order valence-corrected chi connectivity index (χ1v) is 6.42. The lowest BCUT2D eigenvalue weighted by molar-refractivity contribution is -0.119. The molecule has 0 bridgehead atoms. The number of amides is 1. The van der Waals surface area contributed by atoms with Gasteiger partial charge in [-0.2, -0.15) is 0 Å². The normalized spacial score (nSPS) is 30.9. The molecule has 4 nitrogen and oxygen atoms in total. The highest BCUT2D eigenvalue weighted by Crippen LogP contribution is 2.28. The molecule has 14 heavy (non-hydrogen) atoms. The maximum Gasteiger partial charge on any atom is 0.260 e. The fourth-order valence-corrected chi connectivity index (χ4v) is 2.56. The van der Waals surface area contributed by atoms with Gasteiger partial charge in [-0.1, -0.05) is 12.2 Å². The smallest absolute Gasteiger partial charge is 0.260 e. The molecule has 1 saturated heterocycles. The number of hydrogen-bond donors (Lipinski definition) is 1. The Bertz CT molecular complexity index is 438. The Morgan fingerprint density at radius 2 is 2.21 bits per heavy atom. The summed E-state index contributed by atoms with van der Waals surface area (Å²) < 4.78 is 22.0. The van der Waals surface area contributed by atoms with E-state index in [0.717, 1.165) is 0 Å². The van der Waals surface area contributed by atoms with Crippen molar-refractivity contribution >= 4 is 25.6 Å². The van der Waals surface area contributed by atoms with Crippen LogP contribution in [0.2, 0.25) is 0 Å². The molecule has 1 fully saturated rings. The highest BCUT2D eigenvalue weighted by molar-refractivity contribution is 8.17. The van der Waals surface area contributed by atoms with E-state index >= 15 is 0 Å². The molecule has 1 N–H and O–H groups in total. The van der Waals surface area contributed by atoms with E-state index in [2.05, 4.69) is 5.32 Å². The summed E-state index contributed by atoms with van der Waals surface area (Å²) in [5, 5.41) is 2.72. The summed E-state index contributed by atoms with van der Waals surface area (Å²) >= 11 is 0. The lowest BCUT2D eigenvalue weighted by Crippen LogP contribution is -2.27. The molecule has 1 aliphatic heterocycles. The maximum absolute atomic E-state index is 11.0. The van der Waals surface area contributed by atoms with Gasteiger partial charge in [0.15, 0.2) is 0 Å². The van der Waals surface area contributed by atoms with Crippen molar-refractivity contribution in [1.82, 2.24) is 5.32 Å². The number of allylic oxidation sites excluding steroid dienone is 1. The van der Waals surface area contributed by atoms with Crippen molar-refractivity contribution in [2.24, 2.45) is 5.92 Å². The Labute approximate surface area is 86.0 Å². The van der Waals surface area contributed by atoms with E-state index in [0.29, 0.717) is 6.42 Å². The molecule has 2 atom stereocenters.